The molecule has 0 aromatic rings. The molecule has 0 bridgehead atoms. The Morgan fingerprint density at radius 3 is 1.78 bits per heavy atom. The Kier molecular flexibility index (Phi) is 8.88. The van der Waals surface area contributed by atoms with Gasteiger partial charge in [0.05, 0.1) is 13.2 Å². The minimum absolute atomic E-state index is 0.0463. The third-order valence-electron chi connectivity index (χ3n) is 0.788. The summed E-state index contributed by atoms with van der Waals surface area (Å²) in [5, 5.41) is 0. The Morgan fingerprint density at radius 1 is 1.33 bits per heavy atom. The predicted molar refractivity (Wildman–Crippen MR) is 39.2 cm³/mol. The summed E-state index contributed by atoms with van der Waals surface area (Å²) >= 11 is 6.25. The molecule has 1 heterocycles. The van der Waals surface area contributed by atoms with E-state index in [2.05, 4.69) is 27.2 Å². The van der Waals surface area contributed by atoms with Gasteiger partial charge in [-0.1, -0.05) is 0 Å². The van der Waals surface area contributed by atoms with Gasteiger partial charge >= 0.3 is 40.5 Å². The van der Waals surface area contributed by atoms with Crippen molar-refractivity contribution < 1.29 is 22.7 Å². The van der Waals surface area contributed by atoms with E-state index >= 15 is 0 Å². The van der Waals surface area contributed by atoms with Crippen LogP contribution in [0.1, 0.15) is 6.92 Å². The molecule has 1 rings (SSSR count). The maximum absolute atomic E-state index is 4.93. The summed E-state index contributed by atoms with van der Waals surface area (Å²) in [7, 11) is 0. The maximum atomic E-state index is 4.93. The van der Waals surface area contributed by atoms with Gasteiger partial charge in [0.15, 0.2) is 6.29 Å². The van der Waals surface area contributed by atoms with Gasteiger partial charge in [0.25, 0.3) is 0 Å². The zero-order valence-electron chi connectivity index (χ0n) is 5.27. The molecule has 0 aromatic heterocycles. The summed E-state index contributed by atoms with van der Waals surface area (Å²) in [5.41, 5.74) is 0. The van der Waals surface area contributed by atoms with Gasteiger partial charge in [-0.15, -0.1) is 0 Å². The van der Waals surface area contributed by atoms with Crippen molar-refractivity contribution in [2.45, 2.75) is 13.2 Å². The number of hydrogen-bond donors (Lipinski definition) is 0. The van der Waals surface area contributed by atoms with Crippen molar-refractivity contribution in [1.29, 1.82) is 0 Å². The standard InChI is InChI=1S/C4H8O2.2BrH.Zn/c1-4-5-2-3-6-4;;;/h4H,2-3H2,1H3;2*1H;/q;;;+2/p-2. The number of halogens is 2. The van der Waals surface area contributed by atoms with E-state index in [0.717, 1.165) is 13.2 Å². The Morgan fingerprint density at radius 2 is 1.67 bits per heavy atom. The third-order valence-corrected chi connectivity index (χ3v) is 0.788. The minimum atomic E-state index is -0.250. The van der Waals surface area contributed by atoms with Crippen LogP contribution in [0.4, 0.5) is 0 Å². The van der Waals surface area contributed by atoms with Gasteiger partial charge in [-0.2, -0.15) is 0 Å². The molecule has 9 heavy (non-hydrogen) atoms. The normalized spacial score (nSPS) is 18.1. The van der Waals surface area contributed by atoms with Crippen LogP contribution >= 0.6 is 27.2 Å². The van der Waals surface area contributed by atoms with Crippen molar-refractivity contribution >= 4 is 27.2 Å². The summed E-state index contributed by atoms with van der Waals surface area (Å²) in [4.78, 5) is 0. The van der Waals surface area contributed by atoms with Crippen molar-refractivity contribution in [3.63, 3.8) is 0 Å². The molecule has 1 aliphatic rings. The molecule has 1 fully saturated rings. The van der Waals surface area contributed by atoms with Crippen LogP contribution in [0.15, 0.2) is 0 Å². The van der Waals surface area contributed by atoms with E-state index in [4.69, 9.17) is 9.47 Å². The molecule has 0 aliphatic carbocycles. The zero-order chi connectivity index (χ0) is 7.11. The Balaban J connectivity index is 0.000000187. The molecule has 2 nitrogen and oxygen atoms in total. The van der Waals surface area contributed by atoms with E-state index in [-0.39, 0.29) is 19.5 Å². The molecule has 0 saturated carbocycles. The average Bonchev–Trinajstić information content (AvgIpc) is 2.20. The van der Waals surface area contributed by atoms with Crippen molar-refractivity contribution in [2.75, 3.05) is 13.2 Å². The zero-order valence-corrected chi connectivity index (χ0v) is 11.4. The first-order chi connectivity index (χ1) is 4.31. The van der Waals surface area contributed by atoms with Gasteiger partial charge in [0, 0.05) is 0 Å². The van der Waals surface area contributed by atoms with Gasteiger partial charge in [0.2, 0.25) is 0 Å². The number of rotatable bonds is 0. The van der Waals surface area contributed by atoms with Crippen LogP contribution in [-0.2, 0) is 22.7 Å². The van der Waals surface area contributed by atoms with Crippen molar-refractivity contribution in [2.24, 2.45) is 0 Å². The van der Waals surface area contributed by atoms with Crippen LogP contribution < -0.4 is 0 Å². The predicted octanol–water partition coefficient (Wildman–Crippen LogP) is 2.07. The van der Waals surface area contributed by atoms with Gasteiger partial charge in [0.1, 0.15) is 0 Å². The summed E-state index contributed by atoms with van der Waals surface area (Å²) in [6.45, 7) is 3.43. The number of hydrogen-bond acceptors (Lipinski definition) is 2. The van der Waals surface area contributed by atoms with Gasteiger partial charge in [-0.3, -0.25) is 0 Å². The number of ether oxygens (including phenoxy) is 2. The molecule has 1 aliphatic heterocycles. The molecule has 0 aromatic carbocycles. The molecule has 1 saturated heterocycles. The topological polar surface area (TPSA) is 18.5 Å². The first-order valence-corrected chi connectivity index (χ1v) is 16.6. The van der Waals surface area contributed by atoms with Gasteiger partial charge in [-0.05, 0) is 6.92 Å². The Labute approximate surface area is 76.0 Å². The molecule has 0 unspecified atom stereocenters. The molecule has 52 valence electrons. The monoisotopic (exact) mass is 310 g/mol. The fourth-order valence-electron chi connectivity index (χ4n) is 0.476. The van der Waals surface area contributed by atoms with E-state index in [1.807, 2.05) is 6.92 Å². The summed E-state index contributed by atoms with van der Waals surface area (Å²) in [5.74, 6) is 0. The second-order valence-corrected chi connectivity index (χ2v) is 15.5. The van der Waals surface area contributed by atoms with Crippen molar-refractivity contribution in [3.05, 3.63) is 0 Å². The molecule has 5 heteroatoms. The first-order valence-electron chi connectivity index (χ1n) is 2.66. The van der Waals surface area contributed by atoms with Crippen LogP contribution in [0.3, 0.4) is 0 Å². The molecule has 0 atom stereocenters. The van der Waals surface area contributed by atoms with Crippen LogP contribution in [0.2, 0.25) is 0 Å². The third kappa shape index (κ3) is 7.40. The van der Waals surface area contributed by atoms with Crippen LogP contribution in [0, 0.1) is 0 Å². The van der Waals surface area contributed by atoms with E-state index in [0.29, 0.717) is 0 Å². The van der Waals surface area contributed by atoms with E-state index in [1.54, 1.807) is 0 Å². The van der Waals surface area contributed by atoms with Gasteiger partial charge < -0.3 is 9.47 Å². The van der Waals surface area contributed by atoms with Crippen molar-refractivity contribution in [1.82, 2.24) is 0 Å². The van der Waals surface area contributed by atoms with Crippen LogP contribution in [0.25, 0.3) is 0 Å². The first kappa shape index (κ1) is 10.5. The second-order valence-electron chi connectivity index (χ2n) is 1.41. The fraction of sp³-hybridized carbons (Fsp3) is 1.00. The Hall–Kier alpha value is 1.50. The van der Waals surface area contributed by atoms with E-state index in [1.165, 1.54) is 0 Å². The second kappa shape index (κ2) is 7.61. The van der Waals surface area contributed by atoms with Gasteiger partial charge in [-0.25, -0.2) is 0 Å². The van der Waals surface area contributed by atoms with E-state index in [9.17, 15) is 0 Å². The quantitative estimate of drug-likeness (QED) is 0.638. The van der Waals surface area contributed by atoms with E-state index < -0.39 is 0 Å². The Bertz CT molecular complexity index is 58.5. The van der Waals surface area contributed by atoms with Crippen LogP contribution in [-0.4, -0.2) is 19.5 Å². The molecule has 0 amide bonds. The fourth-order valence-corrected chi connectivity index (χ4v) is 0.476. The molecule has 0 spiro atoms. The SMILES string of the molecule is CC1OCCO1.[Br][Zn][Br]. The van der Waals surface area contributed by atoms with Crippen LogP contribution in [0.5, 0.6) is 0 Å². The van der Waals surface area contributed by atoms with Crippen molar-refractivity contribution in [3.8, 4) is 0 Å². The average molecular weight is 313 g/mol. The molecule has 0 N–H and O–H groups in total. The molecule has 0 radical (unpaired) electrons. The summed E-state index contributed by atoms with van der Waals surface area (Å²) in [6.07, 6.45) is 0.0463. The molecular formula is C4H8Br2O2Zn. The summed E-state index contributed by atoms with van der Waals surface area (Å²) in [6, 6.07) is 0. The summed E-state index contributed by atoms with van der Waals surface area (Å²) < 4.78 is 9.86. The molecular weight excluding hydrogens is 305 g/mol.